The number of carbonyl (C=O) groups excluding carboxylic acids is 1. The summed E-state index contributed by atoms with van der Waals surface area (Å²) in [5.41, 5.74) is 1.55. The highest BCUT2D eigenvalue weighted by Crippen LogP contribution is 2.34. The van der Waals surface area contributed by atoms with Crippen LogP contribution >= 0.6 is 31.9 Å². The maximum absolute atomic E-state index is 12.5. The van der Waals surface area contributed by atoms with E-state index in [1.807, 2.05) is 12.1 Å². The molecule has 2 aromatic rings. The molecule has 3 nitrogen and oxygen atoms in total. The smallest absolute Gasteiger partial charge is 0.334 e. The van der Waals surface area contributed by atoms with Gasteiger partial charge in [0.2, 0.25) is 0 Å². The van der Waals surface area contributed by atoms with Gasteiger partial charge in [0.05, 0.1) is 11.3 Å². The third-order valence-electron chi connectivity index (χ3n) is 3.70. The third-order valence-corrected chi connectivity index (χ3v) is 4.95. The average Bonchev–Trinajstić information content (AvgIpc) is 2.55. The van der Waals surface area contributed by atoms with Crippen LogP contribution in [-0.2, 0) is 12.7 Å². The summed E-state index contributed by atoms with van der Waals surface area (Å²) in [4.78, 5) is 12.1. The van der Waals surface area contributed by atoms with Crippen LogP contribution < -0.4 is 10.6 Å². The SMILES string of the molecule is CC(C)c1cc(Br)c(NC(=O)NCc2ccc(C(F)(F)F)cc2)c(Br)c1. The van der Waals surface area contributed by atoms with Crippen molar-refractivity contribution < 1.29 is 18.0 Å². The van der Waals surface area contributed by atoms with Crippen molar-refractivity contribution in [2.45, 2.75) is 32.5 Å². The molecule has 8 heteroatoms. The Balaban J connectivity index is 1.99. The highest BCUT2D eigenvalue weighted by Gasteiger charge is 2.29. The number of halogens is 5. The fourth-order valence-electron chi connectivity index (χ4n) is 2.20. The van der Waals surface area contributed by atoms with E-state index >= 15 is 0 Å². The number of carbonyl (C=O) groups is 1. The minimum absolute atomic E-state index is 0.114. The third kappa shape index (κ3) is 5.48. The Bertz CT molecular complexity index is 767. The van der Waals surface area contributed by atoms with E-state index in [0.29, 0.717) is 17.2 Å². The lowest BCUT2D eigenvalue weighted by Gasteiger charge is -2.14. The molecule has 2 N–H and O–H groups in total. The van der Waals surface area contributed by atoms with Gasteiger partial charge in [-0.3, -0.25) is 0 Å². The Kier molecular flexibility index (Phi) is 6.74. The summed E-state index contributed by atoms with van der Waals surface area (Å²) in [7, 11) is 0. The van der Waals surface area contributed by atoms with Crippen molar-refractivity contribution in [1.29, 1.82) is 0 Å². The minimum atomic E-state index is -4.37. The molecule has 0 unspecified atom stereocenters. The number of anilines is 1. The van der Waals surface area contributed by atoms with Crippen molar-refractivity contribution in [3.63, 3.8) is 0 Å². The summed E-state index contributed by atoms with van der Waals surface area (Å²) in [5, 5.41) is 5.35. The molecule has 0 aliphatic rings. The lowest BCUT2D eigenvalue weighted by Crippen LogP contribution is -2.28. The summed E-state index contributed by atoms with van der Waals surface area (Å²) < 4.78 is 39.1. The fourth-order valence-corrected chi connectivity index (χ4v) is 3.62. The molecule has 0 saturated heterocycles. The van der Waals surface area contributed by atoms with Gasteiger partial charge in [0.15, 0.2) is 0 Å². The Hall–Kier alpha value is -1.54. The Morgan fingerprint density at radius 1 is 1.08 bits per heavy atom. The first-order valence-electron chi connectivity index (χ1n) is 7.78. The van der Waals surface area contributed by atoms with Crippen LogP contribution in [0.1, 0.15) is 36.5 Å². The molecule has 0 aliphatic carbocycles. The molecule has 140 valence electrons. The van der Waals surface area contributed by atoms with E-state index < -0.39 is 17.8 Å². The van der Waals surface area contributed by atoms with Crippen molar-refractivity contribution in [3.05, 3.63) is 62.0 Å². The maximum atomic E-state index is 12.5. The minimum Gasteiger partial charge on any atom is -0.334 e. The number of alkyl halides is 3. The molecule has 0 atom stereocenters. The predicted molar refractivity (Wildman–Crippen MR) is 103 cm³/mol. The Labute approximate surface area is 166 Å². The summed E-state index contributed by atoms with van der Waals surface area (Å²) in [5.74, 6) is 0.338. The second-order valence-corrected chi connectivity index (χ2v) is 7.73. The fraction of sp³-hybridized carbons (Fsp3) is 0.278. The van der Waals surface area contributed by atoms with Gasteiger partial charge in [-0.2, -0.15) is 13.2 Å². The van der Waals surface area contributed by atoms with E-state index in [1.54, 1.807) is 0 Å². The van der Waals surface area contributed by atoms with Crippen LogP contribution in [-0.4, -0.2) is 6.03 Å². The molecule has 0 aromatic heterocycles. The number of amides is 2. The second kappa shape index (κ2) is 8.43. The molecule has 0 heterocycles. The van der Waals surface area contributed by atoms with E-state index in [1.165, 1.54) is 12.1 Å². The molecule has 2 aromatic carbocycles. The highest BCUT2D eigenvalue weighted by atomic mass is 79.9. The zero-order chi connectivity index (χ0) is 19.5. The maximum Gasteiger partial charge on any atom is 0.416 e. The zero-order valence-electron chi connectivity index (χ0n) is 14.0. The normalized spacial score (nSPS) is 11.5. The summed E-state index contributed by atoms with van der Waals surface area (Å²) in [6.07, 6.45) is -4.37. The second-order valence-electron chi connectivity index (χ2n) is 6.02. The van der Waals surface area contributed by atoms with Gasteiger partial charge in [-0.25, -0.2) is 4.79 Å². The van der Waals surface area contributed by atoms with Crippen LogP contribution in [0.3, 0.4) is 0 Å². The van der Waals surface area contributed by atoms with Gasteiger partial charge in [-0.15, -0.1) is 0 Å². The van der Waals surface area contributed by atoms with Crippen LogP contribution in [0.5, 0.6) is 0 Å². The van der Waals surface area contributed by atoms with Crippen molar-refractivity contribution in [2.24, 2.45) is 0 Å². The van der Waals surface area contributed by atoms with Crippen molar-refractivity contribution >= 4 is 43.6 Å². The lowest BCUT2D eigenvalue weighted by atomic mass is 10.0. The average molecular weight is 494 g/mol. The van der Waals surface area contributed by atoms with Gasteiger partial charge in [-0.1, -0.05) is 26.0 Å². The van der Waals surface area contributed by atoms with Gasteiger partial charge < -0.3 is 10.6 Å². The van der Waals surface area contributed by atoms with Crippen molar-refractivity contribution in [1.82, 2.24) is 5.32 Å². The monoisotopic (exact) mass is 492 g/mol. The summed E-state index contributed by atoms with van der Waals surface area (Å²) >= 11 is 6.88. The molecule has 0 bridgehead atoms. The van der Waals surface area contributed by atoms with E-state index in [0.717, 1.165) is 26.6 Å². The molecule has 0 spiro atoms. The van der Waals surface area contributed by atoms with Crippen LogP contribution in [0, 0.1) is 0 Å². The van der Waals surface area contributed by atoms with Gasteiger partial charge in [0.25, 0.3) is 0 Å². The van der Waals surface area contributed by atoms with Gasteiger partial charge in [0, 0.05) is 15.5 Å². The van der Waals surface area contributed by atoms with Crippen molar-refractivity contribution in [2.75, 3.05) is 5.32 Å². The molecule has 2 rings (SSSR count). The summed E-state index contributed by atoms with van der Waals surface area (Å²) in [6, 6.07) is 8.07. The Morgan fingerprint density at radius 3 is 2.08 bits per heavy atom. The molecule has 0 fully saturated rings. The number of hydrogen-bond donors (Lipinski definition) is 2. The first-order valence-corrected chi connectivity index (χ1v) is 9.36. The van der Waals surface area contributed by atoms with E-state index in [-0.39, 0.29) is 6.54 Å². The standard InChI is InChI=1S/C18H17Br2F3N2O/c1-10(2)12-7-14(19)16(15(20)8-12)25-17(26)24-9-11-3-5-13(6-4-11)18(21,22)23/h3-8,10H,9H2,1-2H3,(H2,24,25,26). The van der Waals surface area contributed by atoms with Gasteiger partial charge in [-0.05, 0) is 73.2 Å². The Morgan fingerprint density at radius 2 is 1.62 bits per heavy atom. The topological polar surface area (TPSA) is 41.1 Å². The van der Waals surface area contributed by atoms with E-state index in [9.17, 15) is 18.0 Å². The molecule has 26 heavy (non-hydrogen) atoms. The highest BCUT2D eigenvalue weighted by molar-refractivity contribution is 9.11. The molecule has 0 aliphatic heterocycles. The van der Waals surface area contributed by atoms with Gasteiger partial charge >= 0.3 is 12.2 Å². The first kappa shape index (κ1) is 20.8. The van der Waals surface area contributed by atoms with Crippen LogP contribution in [0.25, 0.3) is 0 Å². The van der Waals surface area contributed by atoms with Crippen molar-refractivity contribution in [3.8, 4) is 0 Å². The summed E-state index contributed by atoms with van der Waals surface area (Å²) in [6.45, 7) is 4.25. The quantitative estimate of drug-likeness (QED) is 0.490. The van der Waals surface area contributed by atoms with Gasteiger partial charge in [0.1, 0.15) is 0 Å². The number of hydrogen-bond acceptors (Lipinski definition) is 1. The van der Waals surface area contributed by atoms with Crippen LogP contribution in [0.15, 0.2) is 45.3 Å². The van der Waals surface area contributed by atoms with E-state index in [2.05, 4.69) is 56.3 Å². The number of urea groups is 1. The van der Waals surface area contributed by atoms with E-state index in [4.69, 9.17) is 0 Å². The molecular formula is C18H17Br2F3N2O. The van der Waals surface area contributed by atoms with Crippen LogP contribution in [0.4, 0.5) is 23.7 Å². The molecule has 2 amide bonds. The number of nitrogens with one attached hydrogen (secondary N) is 2. The molecule has 0 radical (unpaired) electrons. The van der Waals surface area contributed by atoms with Crippen LogP contribution in [0.2, 0.25) is 0 Å². The first-order chi connectivity index (χ1) is 12.1. The molecule has 0 saturated carbocycles. The number of benzene rings is 2. The lowest BCUT2D eigenvalue weighted by molar-refractivity contribution is -0.137. The predicted octanol–water partition coefficient (Wildman–Crippen LogP) is 6.68. The number of rotatable bonds is 4. The zero-order valence-corrected chi connectivity index (χ0v) is 17.2. The largest absolute Gasteiger partial charge is 0.416 e. The molecular weight excluding hydrogens is 477 g/mol.